The summed E-state index contributed by atoms with van der Waals surface area (Å²) in [6.45, 7) is 6.23. The molecule has 1 atom stereocenters. The van der Waals surface area contributed by atoms with Gasteiger partial charge in [-0.25, -0.2) is 15.0 Å². The van der Waals surface area contributed by atoms with Crippen molar-refractivity contribution in [3.63, 3.8) is 0 Å². The molecule has 1 aliphatic carbocycles. The number of carbonyl (C=O) groups excluding carboxylic acids is 2. The van der Waals surface area contributed by atoms with Crippen LogP contribution in [-0.2, 0) is 21.4 Å². The van der Waals surface area contributed by atoms with Crippen LogP contribution in [-0.4, -0.2) is 45.6 Å². The smallest absolute Gasteiger partial charge is 0.305 e. The van der Waals surface area contributed by atoms with Crippen LogP contribution in [0.4, 0.5) is 0 Å². The lowest BCUT2D eigenvalue weighted by Gasteiger charge is -2.15. The van der Waals surface area contributed by atoms with Crippen LogP contribution in [0.2, 0.25) is 0 Å². The van der Waals surface area contributed by atoms with E-state index in [1.807, 2.05) is 42.7 Å². The van der Waals surface area contributed by atoms with Crippen molar-refractivity contribution < 1.29 is 19.5 Å². The van der Waals surface area contributed by atoms with E-state index in [9.17, 15) is 14.4 Å². The van der Waals surface area contributed by atoms with Gasteiger partial charge < -0.3 is 10.4 Å². The van der Waals surface area contributed by atoms with E-state index in [2.05, 4.69) is 47.1 Å². The molecule has 0 saturated heterocycles. The van der Waals surface area contributed by atoms with Crippen molar-refractivity contribution in [3.8, 4) is 11.4 Å². The van der Waals surface area contributed by atoms with Gasteiger partial charge in [-0.05, 0) is 60.8 Å². The molecular weight excluding hydrogens is 536 g/mol. The molecule has 0 spiro atoms. The summed E-state index contributed by atoms with van der Waals surface area (Å²) in [5.74, 6) is -1.92. The van der Waals surface area contributed by atoms with E-state index in [1.54, 1.807) is 6.07 Å². The van der Waals surface area contributed by atoms with E-state index in [0.717, 1.165) is 34.4 Å². The maximum absolute atomic E-state index is 12.9. The average molecular weight is 573 g/mol. The molecule has 0 aliphatic heterocycles. The second-order valence-corrected chi connectivity index (χ2v) is 12.3. The number of aliphatic carboxylic acids is 1. The number of nitrogens with one attached hydrogen (secondary N) is 1. The predicted molar refractivity (Wildman–Crippen MR) is 162 cm³/mol. The summed E-state index contributed by atoms with van der Waals surface area (Å²) in [6.07, 6.45) is 12.1. The van der Waals surface area contributed by atoms with Gasteiger partial charge in [-0.15, -0.1) is 11.3 Å². The molecule has 2 heterocycles. The zero-order valence-corrected chi connectivity index (χ0v) is 24.5. The van der Waals surface area contributed by atoms with Crippen molar-refractivity contribution in [3.05, 3.63) is 75.7 Å². The Hall–Kier alpha value is -3.98. The van der Waals surface area contributed by atoms with E-state index >= 15 is 0 Å². The Labute approximate surface area is 244 Å². The number of aliphatic imine (C=N–C) groups is 1. The normalized spacial score (nSPS) is 14.5. The summed E-state index contributed by atoms with van der Waals surface area (Å²) < 4.78 is 0. The molecule has 1 unspecified atom stereocenters. The van der Waals surface area contributed by atoms with Crippen molar-refractivity contribution in [2.75, 3.05) is 6.54 Å². The van der Waals surface area contributed by atoms with Gasteiger partial charge in [-0.1, -0.05) is 51.1 Å². The first-order chi connectivity index (χ1) is 19.6. The Kier molecular flexibility index (Phi) is 9.94. The van der Waals surface area contributed by atoms with Gasteiger partial charge in [-0.3, -0.25) is 14.4 Å². The van der Waals surface area contributed by atoms with E-state index in [1.165, 1.54) is 36.0 Å². The fourth-order valence-corrected chi connectivity index (χ4v) is 5.46. The van der Waals surface area contributed by atoms with Gasteiger partial charge in [0, 0.05) is 41.2 Å². The molecule has 0 fully saturated rings. The van der Waals surface area contributed by atoms with Crippen molar-refractivity contribution >= 4 is 40.9 Å². The Morgan fingerprint density at radius 3 is 2.39 bits per heavy atom. The number of rotatable bonds is 10. The van der Waals surface area contributed by atoms with Crippen LogP contribution < -0.4 is 5.32 Å². The van der Waals surface area contributed by atoms with Crippen molar-refractivity contribution in [1.29, 1.82) is 0 Å². The fourth-order valence-electron chi connectivity index (χ4n) is 4.50. The number of allylic oxidation sites excluding steroid dienone is 2. The topological polar surface area (TPSA) is 122 Å². The number of nitrogens with zero attached hydrogens (tertiary/aromatic N) is 3. The molecule has 1 aliphatic rings. The van der Waals surface area contributed by atoms with Gasteiger partial charge in [0.2, 0.25) is 5.91 Å². The summed E-state index contributed by atoms with van der Waals surface area (Å²) in [7, 11) is 0. The highest BCUT2D eigenvalue weighted by molar-refractivity contribution is 7.14. The molecule has 9 heteroatoms. The van der Waals surface area contributed by atoms with Crippen LogP contribution in [0.1, 0.15) is 78.6 Å². The molecule has 1 aromatic carbocycles. The van der Waals surface area contributed by atoms with Gasteiger partial charge >= 0.3 is 5.97 Å². The summed E-state index contributed by atoms with van der Waals surface area (Å²) in [5.41, 5.74) is 4.01. The number of hydrogen-bond donors (Lipinski definition) is 2. The maximum Gasteiger partial charge on any atom is 0.305 e. The van der Waals surface area contributed by atoms with Crippen LogP contribution in [0.25, 0.3) is 17.0 Å². The minimum atomic E-state index is -1.00. The number of carboxylic acid groups (broad SMARTS) is 1. The third-order valence-corrected chi connectivity index (χ3v) is 8.38. The molecule has 0 radical (unpaired) electrons. The zero-order valence-electron chi connectivity index (χ0n) is 23.7. The Balaban J connectivity index is 1.46. The van der Waals surface area contributed by atoms with Gasteiger partial charge in [0.25, 0.3) is 5.91 Å². The van der Waals surface area contributed by atoms with Crippen molar-refractivity contribution in [2.45, 2.75) is 64.7 Å². The van der Waals surface area contributed by atoms with E-state index in [0.29, 0.717) is 17.1 Å². The molecule has 8 nitrogen and oxygen atoms in total. The number of aromatic nitrogens is 2. The fraction of sp³-hybridized carbons (Fsp3) is 0.375. The summed E-state index contributed by atoms with van der Waals surface area (Å²) in [6, 6.07) is 11.3. The Morgan fingerprint density at radius 2 is 1.78 bits per heavy atom. The number of carbonyl (C=O) groups is 3. The molecule has 41 heavy (non-hydrogen) atoms. The zero-order chi connectivity index (χ0) is 29.4. The first kappa shape index (κ1) is 30.0. The third kappa shape index (κ3) is 8.50. The SMILES string of the molecule is CC(C)(C)c1ccc(C(=O)/N=C/C(Cc2ccc(-c3ncc(C4=CCCCC4)cn3)cc2)C(=O)NCCC(=O)O)s1. The van der Waals surface area contributed by atoms with Crippen LogP contribution in [0.3, 0.4) is 0 Å². The van der Waals surface area contributed by atoms with Gasteiger partial charge in [0.1, 0.15) is 0 Å². The monoisotopic (exact) mass is 572 g/mol. The molecular formula is C32H36N4O4S. The lowest BCUT2D eigenvalue weighted by atomic mass is 9.95. The molecule has 3 aromatic rings. The van der Waals surface area contributed by atoms with Crippen LogP contribution in [0.15, 0.2) is 59.9 Å². The average Bonchev–Trinajstić information content (AvgIpc) is 3.47. The number of benzene rings is 1. The first-order valence-electron chi connectivity index (χ1n) is 13.9. The highest BCUT2D eigenvalue weighted by atomic mass is 32.1. The van der Waals surface area contributed by atoms with Gasteiger partial charge in [0.05, 0.1) is 17.2 Å². The lowest BCUT2D eigenvalue weighted by molar-refractivity contribution is -0.137. The standard InChI is InChI=1S/C32H36N4O4S/c1-32(2,3)27-14-13-26(41-27)31(40)36-18-24(30(39)33-16-15-28(37)38)17-21-9-11-23(12-10-21)29-34-19-25(20-35-29)22-7-5-4-6-8-22/h7,9-14,18-20,24H,4-6,8,15-17H2,1-3H3,(H,33,39)(H,37,38)/b36-18+. The number of carboxylic acids is 1. The van der Waals surface area contributed by atoms with Crippen molar-refractivity contribution in [1.82, 2.24) is 15.3 Å². The number of thiophene rings is 1. The lowest BCUT2D eigenvalue weighted by Crippen LogP contribution is -2.34. The minimum Gasteiger partial charge on any atom is -0.481 e. The van der Waals surface area contributed by atoms with E-state index in [4.69, 9.17) is 5.11 Å². The second-order valence-electron chi connectivity index (χ2n) is 11.2. The first-order valence-corrected chi connectivity index (χ1v) is 14.7. The summed E-state index contributed by atoms with van der Waals surface area (Å²) >= 11 is 1.39. The molecule has 214 valence electrons. The molecule has 0 saturated carbocycles. The van der Waals surface area contributed by atoms with E-state index in [-0.39, 0.29) is 24.3 Å². The minimum absolute atomic E-state index is 0.00447. The highest BCUT2D eigenvalue weighted by Crippen LogP contribution is 2.30. The summed E-state index contributed by atoms with van der Waals surface area (Å²) in [4.78, 5) is 51.4. The molecule has 0 bridgehead atoms. The van der Waals surface area contributed by atoms with Gasteiger partial charge in [0.15, 0.2) is 5.82 Å². The number of hydrogen-bond acceptors (Lipinski definition) is 6. The van der Waals surface area contributed by atoms with Gasteiger partial charge in [-0.2, -0.15) is 0 Å². The maximum atomic E-state index is 12.9. The van der Waals surface area contributed by atoms with E-state index < -0.39 is 17.8 Å². The largest absolute Gasteiger partial charge is 0.481 e. The molecule has 2 aromatic heterocycles. The predicted octanol–water partition coefficient (Wildman–Crippen LogP) is 6.12. The second kappa shape index (κ2) is 13.6. The highest BCUT2D eigenvalue weighted by Gasteiger charge is 2.21. The van der Waals surface area contributed by atoms with Crippen molar-refractivity contribution in [2.24, 2.45) is 10.9 Å². The summed E-state index contributed by atoms with van der Waals surface area (Å²) in [5, 5.41) is 11.6. The quantitative estimate of drug-likeness (QED) is 0.282. The van der Waals surface area contributed by atoms with Crippen LogP contribution in [0.5, 0.6) is 0 Å². The molecule has 4 rings (SSSR count). The molecule has 2 N–H and O–H groups in total. The van der Waals surface area contributed by atoms with Crippen LogP contribution >= 0.6 is 11.3 Å². The Morgan fingerprint density at radius 1 is 1.05 bits per heavy atom. The van der Waals surface area contributed by atoms with Crippen LogP contribution in [0, 0.1) is 5.92 Å². The Bertz CT molecular complexity index is 1430. The molecule has 2 amide bonds. The number of amides is 2. The third-order valence-electron chi connectivity index (χ3n) is 6.88.